The molecule has 1 aromatic heterocycles. The molecule has 16 heavy (non-hydrogen) atoms. The highest BCUT2D eigenvalue weighted by Crippen LogP contribution is 2.07. The Kier molecular flexibility index (Phi) is 6.25. The van der Waals surface area contributed by atoms with E-state index in [4.69, 9.17) is 9.47 Å². The summed E-state index contributed by atoms with van der Waals surface area (Å²) in [4.78, 5) is 8.12. The molecule has 0 spiro atoms. The van der Waals surface area contributed by atoms with Gasteiger partial charge in [0.05, 0.1) is 6.61 Å². The summed E-state index contributed by atoms with van der Waals surface area (Å²) in [7, 11) is 1.77. The van der Waals surface area contributed by atoms with Gasteiger partial charge in [0.1, 0.15) is 6.61 Å². The van der Waals surface area contributed by atoms with E-state index in [-0.39, 0.29) is 0 Å². The van der Waals surface area contributed by atoms with Crippen molar-refractivity contribution >= 4 is 5.95 Å². The fourth-order valence-corrected chi connectivity index (χ4v) is 1.10. The summed E-state index contributed by atoms with van der Waals surface area (Å²) >= 11 is 0. The highest BCUT2D eigenvalue weighted by molar-refractivity contribution is 5.25. The third-order valence-electron chi connectivity index (χ3n) is 1.97. The number of anilines is 1. The minimum Gasteiger partial charge on any atom is -0.475 e. The van der Waals surface area contributed by atoms with E-state index in [0.29, 0.717) is 25.0 Å². The van der Waals surface area contributed by atoms with Gasteiger partial charge < -0.3 is 14.8 Å². The molecule has 0 saturated carbocycles. The van der Waals surface area contributed by atoms with Crippen LogP contribution in [0.3, 0.4) is 0 Å². The maximum Gasteiger partial charge on any atom is 0.225 e. The van der Waals surface area contributed by atoms with Crippen molar-refractivity contribution in [2.75, 3.05) is 32.2 Å². The molecule has 0 aliphatic rings. The van der Waals surface area contributed by atoms with Crippen LogP contribution in [0.5, 0.6) is 5.88 Å². The van der Waals surface area contributed by atoms with Gasteiger partial charge in [0.2, 0.25) is 11.8 Å². The first-order valence-electron chi connectivity index (χ1n) is 5.58. The van der Waals surface area contributed by atoms with Gasteiger partial charge in [-0.25, -0.2) is 4.98 Å². The highest BCUT2D eigenvalue weighted by atomic mass is 16.5. The fraction of sp³-hybridized carbons (Fsp3) is 0.636. The van der Waals surface area contributed by atoms with Crippen LogP contribution in [0.25, 0.3) is 0 Å². The van der Waals surface area contributed by atoms with Crippen LogP contribution in [0.2, 0.25) is 0 Å². The monoisotopic (exact) mass is 225 g/mol. The number of ether oxygens (including phenoxy) is 2. The Balaban J connectivity index is 2.16. The van der Waals surface area contributed by atoms with E-state index >= 15 is 0 Å². The molecule has 0 unspecified atom stereocenters. The Morgan fingerprint density at radius 1 is 1.31 bits per heavy atom. The number of unbranched alkanes of at least 4 members (excludes halogenated alkanes) is 1. The molecule has 90 valence electrons. The minimum atomic E-state index is 0.518. The van der Waals surface area contributed by atoms with Gasteiger partial charge in [-0.3, -0.25) is 0 Å². The molecule has 0 aromatic carbocycles. The molecular weight excluding hydrogens is 206 g/mol. The molecular formula is C11H19N3O2. The zero-order valence-electron chi connectivity index (χ0n) is 9.90. The molecule has 0 amide bonds. The maximum absolute atomic E-state index is 5.41. The largest absolute Gasteiger partial charge is 0.475 e. The number of rotatable bonds is 8. The summed E-state index contributed by atoms with van der Waals surface area (Å²) in [6.07, 6.45) is 3.90. The molecule has 0 bridgehead atoms. The normalized spacial score (nSPS) is 10.1. The molecule has 0 aliphatic carbocycles. The molecule has 0 fully saturated rings. The first-order chi connectivity index (χ1) is 7.86. The first-order valence-corrected chi connectivity index (χ1v) is 5.58. The predicted molar refractivity (Wildman–Crippen MR) is 62.8 cm³/mol. The van der Waals surface area contributed by atoms with Gasteiger partial charge in [0.15, 0.2) is 0 Å². The molecule has 0 atom stereocenters. The van der Waals surface area contributed by atoms with Crippen molar-refractivity contribution in [3.05, 3.63) is 12.3 Å². The zero-order valence-corrected chi connectivity index (χ0v) is 9.90. The lowest BCUT2D eigenvalue weighted by Gasteiger charge is -2.06. The smallest absolute Gasteiger partial charge is 0.225 e. The second-order valence-corrected chi connectivity index (χ2v) is 3.28. The van der Waals surface area contributed by atoms with Crippen molar-refractivity contribution in [2.45, 2.75) is 19.8 Å². The SMILES string of the molecule is CCCCOCCOc1ccnc(NC)n1. The Labute approximate surface area is 96.2 Å². The molecule has 1 N–H and O–H groups in total. The first kappa shape index (κ1) is 12.7. The molecule has 0 aliphatic heterocycles. The molecule has 0 saturated heterocycles. The van der Waals surface area contributed by atoms with E-state index in [2.05, 4.69) is 22.2 Å². The summed E-state index contributed by atoms with van der Waals surface area (Å²) in [5, 5.41) is 2.85. The summed E-state index contributed by atoms with van der Waals surface area (Å²) in [6.45, 7) is 4.05. The Hall–Kier alpha value is -1.36. The lowest BCUT2D eigenvalue weighted by atomic mass is 10.4. The lowest BCUT2D eigenvalue weighted by molar-refractivity contribution is 0.0965. The summed E-state index contributed by atoms with van der Waals surface area (Å²) in [5.74, 6) is 1.13. The fourth-order valence-electron chi connectivity index (χ4n) is 1.10. The molecule has 1 aromatic rings. The van der Waals surface area contributed by atoms with E-state index in [9.17, 15) is 0 Å². The molecule has 0 radical (unpaired) electrons. The van der Waals surface area contributed by atoms with E-state index in [1.165, 1.54) is 0 Å². The summed E-state index contributed by atoms with van der Waals surface area (Å²) in [5.41, 5.74) is 0. The van der Waals surface area contributed by atoms with Crippen LogP contribution in [-0.2, 0) is 4.74 Å². The summed E-state index contributed by atoms with van der Waals surface area (Å²) < 4.78 is 10.8. The standard InChI is InChI=1S/C11H19N3O2/c1-3-4-7-15-8-9-16-10-5-6-13-11(12-2)14-10/h5-6H,3-4,7-9H2,1-2H3,(H,12,13,14). The maximum atomic E-state index is 5.41. The molecule has 5 nitrogen and oxygen atoms in total. The van der Waals surface area contributed by atoms with Crippen LogP contribution in [0.1, 0.15) is 19.8 Å². The van der Waals surface area contributed by atoms with Crippen molar-refractivity contribution in [3.63, 3.8) is 0 Å². The third kappa shape index (κ3) is 4.93. The Bertz CT molecular complexity index is 294. The summed E-state index contributed by atoms with van der Waals surface area (Å²) in [6, 6.07) is 1.73. The molecule has 1 rings (SSSR count). The lowest BCUT2D eigenvalue weighted by Crippen LogP contribution is -2.08. The molecule has 1 heterocycles. The van der Waals surface area contributed by atoms with Gasteiger partial charge in [-0.2, -0.15) is 4.98 Å². The van der Waals surface area contributed by atoms with Gasteiger partial charge in [-0.15, -0.1) is 0 Å². The van der Waals surface area contributed by atoms with Gasteiger partial charge in [-0.05, 0) is 6.42 Å². The zero-order chi connectivity index (χ0) is 11.6. The number of aromatic nitrogens is 2. The van der Waals surface area contributed by atoms with Crippen LogP contribution < -0.4 is 10.1 Å². The number of nitrogens with one attached hydrogen (secondary N) is 1. The van der Waals surface area contributed by atoms with Gasteiger partial charge >= 0.3 is 0 Å². The average Bonchev–Trinajstić information content (AvgIpc) is 2.34. The van der Waals surface area contributed by atoms with E-state index in [0.717, 1.165) is 19.4 Å². The van der Waals surface area contributed by atoms with E-state index in [1.807, 2.05) is 0 Å². The number of hydrogen-bond acceptors (Lipinski definition) is 5. The van der Waals surface area contributed by atoms with Crippen LogP contribution in [-0.4, -0.2) is 36.8 Å². The third-order valence-corrected chi connectivity index (χ3v) is 1.97. The second kappa shape index (κ2) is 7.87. The van der Waals surface area contributed by atoms with Crippen molar-refractivity contribution in [2.24, 2.45) is 0 Å². The van der Waals surface area contributed by atoms with Crippen molar-refractivity contribution in [1.82, 2.24) is 9.97 Å². The van der Waals surface area contributed by atoms with Gasteiger partial charge in [-0.1, -0.05) is 13.3 Å². The Morgan fingerprint density at radius 2 is 2.19 bits per heavy atom. The minimum absolute atomic E-state index is 0.518. The van der Waals surface area contributed by atoms with E-state index in [1.54, 1.807) is 19.3 Å². The van der Waals surface area contributed by atoms with Crippen LogP contribution in [0.4, 0.5) is 5.95 Å². The van der Waals surface area contributed by atoms with Crippen LogP contribution in [0, 0.1) is 0 Å². The Morgan fingerprint density at radius 3 is 2.94 bits per heavy atom. The number of hydrogen-bond donors (Lipinski definition) is 1. The van der Waals surface area contributed by atoms with Crippen molar-refractivity contribution in [1.29, 1.82) is 0 Å². The van der Waals surface area contributed by atoms with E-state index < -0.39 is 0 Å². The van der Waals surface area contributed by atoms with Gasteiger partial charge in [0, 0.05) is 25.9 Å². The highest BCUT2D eigenvalue weighted by Gasteiger charge is 1.97. The van der Waals surface area contributed by atoms with Crippen molar-refractivity contribution in [3.8, 4) is 5.88 Å². The second-order valence-electron chi connectivity index (χ2n) is 3.28. The number of nitrogens with zero attached hydrogens (tertiary/aromatic N) is 2. The van der Waals surface area contributed by atoms with Crippen molar-refractivity contribution < 1.29 is 9.47 Å². The molecule has 5 heteroatoms. The van der Waals surface area contributed by atoms with Crippen LogP contribution in [0.15, 0.2) is 12.3 Å². The topological polar surface area (TPSA) is 56.3 Å². The van der Waals surface area contributed by atoms with Gasteiger partial charge in [0.25, 0.3) is 0 Å². The van der Waals surface area contributed by atoms with Crippen LogP contribution >= 0.6 is 0 Å². The average molecular weight is 225 g/mol. The quantitative estimate of drug-likeness (QED) is 0.683. The predicted octanol–water partition coefficient (Wildman–Crippen LogP) is 1.71.